The average Bonchev–Trinajstić information content (AvgIpc) is 2.18. The summed E-state index contributed by atoms with van der Waals surface area (Å²) in [5.41, 5.74) is 0.956. The van der Waals surface area contributed by atoms with Crippen LogP contribution in [0.3, 0.4) is 0 Å². The molecule has 0 aliphatic heterocycles. The lowest BCUT2D eigenvalue weighted by molar-refractivity contribution is 0.298. The van der Waals surface area contributed by atoms with E-state index in [9.17, 15) is 8.42 Å². The van der Waals surface area contributed by atoms with Gasteiger partial charge in [-0.15, -0.1) is 11.6 Å². The van der Waals surface area contributed by atoms with Crippen molar-refractivity contribution in [1.29, 1.82) is 0 Å². The van der Waals surface area contributed by atoms with E-state index < -0.39 is 10.1 Å². The molecule has 0 spiro atoms. The monoisotopic (exact) mass is 266 g/mol. The number of aliphatic hydroxyl groups excluding tert-OH is 1. The van der Waals surface area contributed by atoms with Gasteiger partial charge < -0.3 is 5.11 Å². The van der Waals surface area contributed by atoms with Crippen molar-refractivity contribution in [2.75, 3.05) is 6.61 Å². The van der Waals surface area contributed by atoms with E-state index in [1.54, 1.807) is 19.1 Å². The standard InChI is InChI=1S/C7H8O3S.C3H7ClO/c1-6-2-4-7(5-3-6)11(8,9)10;1-3(4)2-5/h2-5H,1H3,(H,8,9,10);3,5H,2H2,1H3. The normalized spacial score (nSPS) is 12.6. The second kappa shape index (κ2) is 6.85. The van der Waals surface area contributed by atoms with Gasteiger partial charge in [0, 0.05) is 0 Å². The first-order chi connectivity index (χ1) is 7.27. The maximum atomic E-state index is 10.5. The summed E-state index contributed by atoms with van der Waals surface area (Å²) in [6, 6.07) is 5.99. The highest BCUT2D eigenvalue weighted by molar-refractivity contribution is 7.85. The highest BCUT2D eigenvalue weighted by Crippen LogP contribution is 2.08. The van der Waals surface area contributed by atoms with Crippen LogP contribution in [-0.4, -0.2) is 30.1 Å². The largest absolute Gasteiger partial charge is 0.395 e. The number of benzene rings is 1. The smallest absolute Gasteiger partial charge is 0.294 e. The summed E-state index contributed by atoms with van der Waals surface area (Å²) >= 11 is 5.21. The van der Waals surface area contributed by atoms with E-state index >= 15 is 0 Å². The van der Waals surface area contributed by atoms with Gasteiger partial charge in [-0.25, -0.2) is 0 Å². The van der Waals surface area contributed by atoms with Crippen LogP contribution in [0.15, 0.2) is 29.2 Å². The zero-order valence-electron chi connectivity index (χ0n) is 9.09. The van der Waals surface area contributed by atoms with Crippen molar-refractivity contribution in [2.24, 2.45) is 0 Å². The molecule has 0 bridgehead atoms. The molecule has 0 aromatic heterocycles. The van der Waals surface area contributed by atoms with Crippen LogP contribution in [-0.2, 0) is 10.1 Å². The van der Waals surface area contributed by atoms with E-state index in [4.69, 9.17) is 21.3 Å². The molecule has 1 atom stereocenters. The van der Waals surface area contributed by atoms with Gasteiger partial charge >= 0.3 is 0 Å². The molecule has 0 heterocycles. The van der Waals surface area contributed by atoms with Crippen LogP contribution in [0.4, 0.5) is 0 Å². The van der Waals surface area contributed by atoms with Crippen molar-refractivity contribution in [1.82, 2.24) is 0 Å². The van der Waals surface area contributed by atoms with Crippen LogP contribution in [0, 0.1) is 6.92 Å². The molecule has 4 nitrogen and oxygen atoms in total. The first kappa shape index (κ1) is 15.4. The van der Waals surface area contributed by atoms with Gasteiger partial charge in [-0.05, 0) is 26.0 Å². The van der Waals surface area contributed by atoms with Crippen LogP contribution in [0.5, 0.6) is 0 Å². The number of hydrogen-bond donors (Lipinski definition) is 2. The summed E-state index contributed by atoms with van der Waals surface area (Å²) in [6.07, 6.45) is 0. The zero-order valence-corrected chi connectivity index (χ0v) is 10.7. The van der Waals surface area contributed by atoms with Gasteiger partial charge in [0.05, 0.1) is 16.9 Å². The summed E-state index contributed by atoms with van der Waals surface area (Å²) in [5.74, 6) is 0. The number of aryl methyl sites for hydroxylation is 1. The van der Waals surface area contributed by atoms with Crippen molar-refractivity contribution >= 4 is 21.7 Å². The molecule has 0 fully saturated rings. The third-order valence-electron chi connectivity index (χ3n) is 1.57. The van der Waals surface area contributed by atoms with Crippen LogP contribution in [0.1, 0.15) is 12.5 Å². The maximum Gasteiger partial charge on any atom is 0.294 e. The predicted molar refractivity (Wildman–Crippen MR) is 63.4 cm³/mol. The molecule has 0 aliphatic carbocycles. The zero-order chi connectivity index (χ0) is 12.8. The minimum absolute atomic E-state index is 0.0666. The van der Waals surface area contributed by atoms with Crippen LogP contribution in [0.2, 0.25) is 0 Å². The fourth-order valence-electron chi connectivity index (χ4n) is 0.710. The number of rotatable bonds is 2. The third kappa shape index (κ3) is 6.79. The van der Waals surface area contributed by atoms with Crippen molar-refractivity contribution in [3.63, 3.8) is 0 Å². The van der Waals surface area contributed by atoms with Gasteiger partial charge in [-0.1, -0.05) is 17.7 Å². The summed E-state index contributed by atoms with van der Waals surface area (Å²) in [4.78, 5) is -0.0666. The fraction of sp³-hybridized carbons (Fsp3) is 0.400. The third-order valence-corrected chi connectivity index (χ3v) is 2.58. The molecule has 0 radical (unpaired) electrons. The first-order valence-electron chi connectivity index (χ1n) is 4.56. The molecule has 1 unspecified atom stereocenters. The predicted octanol–water partition coefficient (Wildman–Crippen LogP) is 1.85. The number of alkyl halides is 1. The van der Waals surface area contributed by atoms with Crippen LogP contribution in [0.25, 0.3) is 0 Å². The van der Waals surface area contributed by atoms with E-state index in [0.29, 0.717) is 0 Å². The molecule has 1 rings (SSSR count). The fourth-order valence-corrected chi connectivity index (χ4v) is 1.19. The Labute approximate surface area is 101 Å². The Balaban J connectivity index is 0.000000385. The summed E-state index contributed by atoms with van der Waals surface area (Å²) < 4.78 is 29.6. The van der Waals surface area contributed by atoms with E-state index in [1.165, 1.54) is 12.1 Å². The number of aliphatic hydroxyl groups is 1. The van der Waals surface area contributed by atoms with Crippen molar-refractivity contribution in [3.05, 3.63) is 29.8 Å². The SMILES string of the molecule is CC(Cl)CO.Cc1ccc(S(=O)(=O)O)cc1. The van der Waals surface area contributed by atoms with Gasteiger partial charge in [-0.3, -0.25) is 4.55 Å². The topological polar surface area (TPSA) is 74.6 Å². The molecule has 16 heavy (non-hydrogen) atoms. The molecule has 0 saturated heterocycles. The minimum atomic E-state index is -4.02. The lowest BCUT2D eigenvalue weighted by atomic mass is 10.2. The molecule has 92 valence electrons. The van der Waals surface area contributed by atoms with E-state index in [0.717, 1.165) is 5.56 Å². The van der Waals surface area contributed by atoms with E-state index in [-0.39, 0.29) is 16.9 Å². The number of halogens is 1. The molecule has 1 aromatic rings. The summed E-state index contributed by atoms with van der Waals surface area (Å²) in [5, 5.41) is 7.92. The maximum absolute atomic E-state index is 10.5. The highest BCUT2D eigenvalue weighted by atomic mass is 35.5. The Morgan fingerprint density at radius 2 is 1.69 bits per heavy atom. The molecule has 2 N–H and O–H groups in total. The Hall–Kier alpha value is -0.620. The Kier molecular flexibility index (Phi) is 6.59. The molecular weight excluding hydrogens is 252 g/mol. The van der Waals surface area contributed by atoms with Crippen LogP contribution < -0.4 is 0 Å². The quantitative estimate of drug-likeness (QED) is 0.633. The summed E-state index contributed by atoms with van der Waals surface area (Å²) in [7, 11) is -4.02. The second-order valence-corrected chi connectivity index (χ2v) is 5.42. The van der Waals surface area contributed by atoms with Gasteiger partial charge in [0.1, 0.15) is 0 Å². The van der Waals surface area contributed by atoms with Gasteiger partial charge in [0.2, 0.25) is 0 Å². The second-order valence-electron chi connectivity index (χ2n) is 3.25. The van der Waals surface area contributed by atoms with E-state index in [2.05, 4.69) is 0 Å². The van der Waals surface area contributed by atoms with Gasteiger partial charge in [0.15, 0.2) is 0 Å². The molecule has 1 aromatic carbocycles. The highest BCUT2D eigenvalue weighted by Gasteiger charge is 2.06. The van der Waals surface area contributed by atoms with Crippen LogP contribution >= 0.6 is 11.6 Å². The Morgan fingerprint density at radius 1 is 1.31 bits per heavy atom. The lowest BCUT2D eigenvalue weighted by Crippen LogP contribution is -1.96. The molecule has 6 heteroatoms. The lowest BCUT2D eigenvalue weighted by Gasteiger charge is -1.95. The molecule has 0 amide bonds. The van der Waals surface area contributed by atoms with Crippen molar-refractivity contribution < 1.29 is 18.1 Å². The van der Waals surface area contributed by atoms with E-state index in [1.807, 2.05) is 6.92 Å². The van der Waals surface area contributed by atoms with Gasteiger partial charge in [0.25, 0.3) is 10.1 Å². The number of hydrogen-bond acceptors (Lipinski definition) is 3. The average molecular weight is 267 g/mol. The van der Waals surface area contributed by atoms with Crippen molar-refractivity contribution in [3.8, 4) is 0 Å². The minimum Gasteiger partial charge on any atom is -0.395 e. The Morgan fingerprint density at radius 3 is 1.94 bits per heavy atom. The summed E-state index contributed by atoms with van der Waals surface area (Å²) in [6.45, 7) is 3.65. The first-order valence-corrected chi connectivity index (χ1v) is 6.44. The Bertz CT molecular complexity index is 397. The van der Waals surface area contributed by atoms with Crippen molar-refractivity contribution in [2.45, 2.75) is 24.1 Å². The molecule has 0 aliphatic rings. The molecular formula is C10H15ClO4S. The van der Waals surface area contributed by atoms with Gasteiger partial charge in [-0.2, -0.15) is 8.42 Å². The molecule has 0 saturated carbocycles.